The smallest absolute Gasteiger partial charge is 0.261 e. The van der Waals surface area contributed by atoms with Crippen LogP contribution in [0.1, 0.15) is 61.3 Å². The molecule has 1 unspecified atom stereocenters. The van der Waals surface area contributed by atoms with E-state index < -0.39 is 0 Å². The highest BCUT2D eigenvalue weighted by Crippen LogP contribution is 2.35. The molecule has 1 aromatic carbocycles. The summed E-state index contributed by atoms with van der Waals surface area (Å²) in [6.45, 7) is 9.05. The zero-order valence-corrected chi connectivity index (χ0v) is 17.1. The predicted molar refractivity (Wildman–Crippen MR) is 106 cm³/mol. The van der Waals surface area contributed by atoms with E-state index in [2.05, 4.69) is 24.5 Å². The van der Waals surface area contributed by atoms with Crippen molar-refractivity contribution in [1.29, 1.82) is 0 Å². The summed E-state index contributed by atoms with van der Waals surface area (Å²) in [5, 5.41) is 6.46. The van der Waals surface area contributed by atoms with Crippen LogP contribution in [0.25, 0.3) is 0 Å². The molecule has 2 aliphatic heterocycles. The van der Waals surface area contributed by atoms with Crippen LogP contribution in [0.3, 0.4) is 0 Å². The predicted octanol–water partition coefficient (Wildman–Crippen LogP) is 2.38. The quantitative estimate of drug-likeness (QED) is 0.594. The minimum Gasteiger partial charge on any atom is -0.356 e. The largest absolute Gasteiger partial charge is 0.356 e. The van der Waals surface area contributed by atoms with E-state index in [-0.39, 0.29) is 47.1 Å². The molecule has 2 heterocycles. The first-order valence-electron chi connectivity index (χ1n) is 9.15. The van der Waals surface area contributed by atoms with E-state index in [9.17, 15) is 14.4 Å². The molecular formula is C20H28ClN3O3. The molecule has 2 aliphatic rings. The Balaban J connectivity index is 0.00000261. The molecular weight excluding hydrogens is 366 g/mol. The topological polar surface area (TPSA) is 78.5 Å². The highest BCUT2D eigenvalue weighted by Gasteiger charge is 2.47. The van der Waals surface area contributed by atoms with Crippen LogP contribution in [0.4, 0.5) is 0 Å². The van der Waals surface area contributed by atoms with Crippen molar-refractivity contribution in [2.45, 2.75) is 51.6 Å². The van der Waals surface area contributed by atoms with Gasteiger partial charge in [0.05, 0.1) is 17.0 Å². The zero-order chi connectivity index (χ0) is 19.1. The minimum absolute atomic E-state index is 0. The maximum Gasteiger partial charge on any atom is 0.261 e. The van der Waals surface area contributed by atoms with Crippen molar-refractivity contribution in [3.63, 3.8) is 0 Å². The van der Waals surface area contributed by atoms with Crippen molar-refractivity contribution in [1.82, 2.24) is 15.5 Å². The Kier molecular flexibility index (Phi) is 6.02. The summed E-state index contributed by atoms with van der Waals surface area (Å²) in [5.41, 5.74) is 0.604. The van der Waals surface area contributed by atoms with Gasteiger partial charge in [0, 0.05) is 24.2 Å². The third kappa shape index (κ3) is 4.17. The lowest BCUT2D eigenvalue weighted by Crippen LogP contribution is -2.48. The van der Waals surface area contributed by atoms with E-state index in [1.54, 1.807) is 24.3 Å². The second-order valence-electron chi connectivity index (χ2n) is 8.44. The summed E-state index contributed by atoms with van der Waals surface area (Å²) >= 11 is 0. The fraction of sp³-hybridized carbons (Fsp3) is 0.550. The molecule has 1 saturated heterocycles. The lowest BCUT2D eigenvalue weighted by molar-refractivity contribution is -0.126. The lowest BCUT2D eigenvalue weighted by Gasteiger charge is -2.27. The molecule has 1 atom stereocenters. The molecule has 1 fully saturated rings. The number of nitrogens with zero attached hydrogens (tertiary/aromatic N) is 1. The molecule has 0 bridgehead atoms. The van der Waals surface area contributed by atoms with Crippen molar-refractivity contribution in [3.05, 3.63) is 35.4 Å². The monoisotopic (exact) mass is 393 g/mol. The number of carbonyl (C=O) groups excluding carboxylic acids is 3. The molecule has 0 spiro atoms. The summed E-state index contributed by atoms with van der Waals surface area (Å²) in [5.74, 6) is -0.577. The number of imide groups is 1. The summed E-state index contributed by atoms with van der Waals surface area (Å²) in [4.78, 5) is 38.4. The SMILES string of the molecule is CC1(C)CC(C(=O)NCCCN2C(=O)c3ccccc3C2=O)C(C)(C)N1.Cl. The molecule has 0 aliphatic carbocycles. The van der Waals surface area contributed by atoms with Gasteiger partial charge in [-0.05, 0) is 52.7 Å². The Labute approximate surface area is 166 Å². The number of hydrogen-bond acceptors (Lipinski definition) is 4. The Morgan fingerprint density at radius 2 is 1.70 bits per heavy atom. The van der Waals surface area contributed by atoms with E-state index >= 15 is 0 Å². The molecule has 0 aromatic heterocycles. The van der Waals surface area contributed by atoms with Crippen molar-refractivity contribution in [2.24, 2.45) is 5.92 Å². The number of benzene rings is 1. The molecule has 0 saturated carbocycles. The number of nitrogens with one attached hydrogen (secondary N) is 2. The van der Waals surface area contributed by atoms with Gasteiger partial charge in [-0.2, -0.15) is 0 Å². The summed E-state index contributed by atoms with van der Waals surface area (Å²) < 4.78 is 0. The number of fused-ring (bicyclic) bond motifs is 1. The Morgan fingerprint density at radius 3 is 2.19 bits per heavy atom. The number of amides is 3. The third-order valence-corrected chi connectivity index (χ3v) is 5.30. The molecule has 0 radical (unpaired) electrons. The van der Waals surface area contributed by atoms with Gasteiger partial charge in [0.2, 0.25) is 5.91 Å². The van der Waals surface area contributed by atoms with Crippen molar-refractivity contribution in [3.8, 4) is 0 Å². The van der Waals surface area contributed by atoms with Gasteiger partial charge in [-0.1, -0.05) is 12.1 Å². The Hall–Kier alpha value is -1.92. The average molecular weight is 394 g/mol. The molecule has 6 nitrogen and oxygen atoms in total. The van der Waals surface area contributed by atoms with Gasteiger partial charge in [0.1, 0.15) is 0 Å². The van der Waals surface area contributed by atoms with Gasteiger partial charge < -0.3 is 10.6 Å². The van der Waals surface area contributed by atoms with E-state index in [0.29, 0.717) is 30.6 Å². The number of rotatable bonds is 5. The van der Waals surface area contributed by atoms with Crippen LogP contribution in [-0.4, -0.2) is 46.8 Å². The summed E-state index contributed by atoms with van der Waals surface area (Å²) in [6, 6.07) is 6.86. The van der Waals surface area contributed by atoms with Crippen LogP contribution in [0.15, 0.2) is 24.3 Å². The normalized spacial score (nSPS) is 22.4. The highest BCUT2D eigenvalue weighted by atomic mass is 35.5. The maximum absolute atomic E-state index is 12.6. The van der Waals surface area contributed by atoms with Crippen LogP contribution in [-0.2, 0) is 4.79 Å². The van der Waals surface area contributed by atoms with Crippen LogP contribution in [0.2, 0.25) is 0 Å². The first kappa shape index (κ1) is 21.4. The van der Waals surface area contributed by atoms with E-state index in [1.807, 2.05) is 13.8 Å². The fourth-order valence-corrected chi connectivity index (χ4v) is 4.21. The van der Waals surface area contributed by atoms with Gasteiger partial charge in [0.25, 0.3) is 11.8 Å². The lowest BCUT2D eigenvalue weighted by atomic mass is 9.86. The number of hydrogen-bond donors (Lipinski definition) is 2. The Morgan fingerprint density at radius 1 is 1.15 bits per heavy atom. The van der Waals surface area contributed by atoms with Crippen LogP contribution in [0.5, 0.6) is 0 Å². The van der Waals surface area contributed by atoms with Crippen LogP contribution in [0, 0.1) is 5.92 Å². The fourth-order valence-electron chi connectivity index (χ4n) is 4.21. The van der Waals surface area contributed by atoms with E-state index in [0.717, 1.165) is 6.42 Å². The molecule has 1 aromatic rings. The van der Waals surface area contributed by atoms with Gasteiger partial charge in [-0.25, -0.2) is 0 Å². The first-order valence-corrected chi connectivity index (χ1v) is 9.15. The van der Waals surface area contributed by atoms with Crippen LogP contribution >= 0.6 is 12.4 Å². The minimum atomic E-state index is -0.254. The highest BCUT2D eigenvalue weighted by molar-refractivity contribution is 6.21. The molecule has 148 valence electrons. The van der Waals surface area contributed by atoms with E-state index in [1.165, 1.54) is 4.90 Å². The number of carbonyl (C=O) groups is 3. The van der Waals surface area contributed by atoms with E-state index in [4.69, 9.17) is 0 Å². The second kappa shape index (κ2) is 7.60. The first-order chi connectivity index (χ1) is 12.1. The summed E-state index contributed by atoms with van der Waals surface area (Å²) in [6.07, 6.45) is 1.32. The zero-order valence-electron chi connectivity index (χ0n) is 16.3. The maximum atomic E-state index is 12.6. The van der Waals surface area contributed by atoms with Gasteiger partial charge in [-0.15, -0.1) is 12.4 Å². The third-order valence-electron chi connectivity index (χ3n) is 5.30. The Bertz CT molecular complexity index is 726. The molecule has 27 heavy (non-hydrogen) atoms. The molecule has 2 N–H and O–H groups in total. The van der Waals surface area contributed by atoms with Crippen molar-refractivity contribution < 1.29 is 14.4 Å². The second-order valence-corrected chi connectivity index (χ2v) is 8.44. The molecule has 3 amide bonds. The van der Waals surface area contributed by atoms with Crippen molar-refractivity contribution in [2.75, 3.05) is 13.1 Å². The molecule has 7 heteroatoms. The number of halogens is 1. The van der Waals surface area contributed by atoms with Gasteiger partial charge in [0.15, 0.2) is 0 Å². The van der Waals surface area contributed by atoms with Gasteiger partial charge >= 0.3 is 0 Å². The average Bonchev–Trinajstić information content (AvgIpc) is 2.94. The summed E-state index contributed by atoms with van der Waals surface area (Å²) in [7, 11) is 0. The van der Waals surface area contributed by atoms with Gasteiger partial charge in [-0.3, -0.25) is 19.3 Å². The standard InChI is InChI=1S/C20H27N3O3.ClH/c1-19(2)12-15(20(3,4)22-19)16(24)21-10-7-11-23-17(25)13-8-5-6-9-14(13)18(23)26;/h5-6,8-9,15,22H,7,10-12H2,1-4H3,(H,21,24);1H. The molecule has 3 rings (SSSR count). The van der Waals surface area contributed by atoms with Crippen molar-refractivity contribution >= 4 is 30.1 Å². The van der Waals surface area contributed by atoms with Crippen LogP contribution < -0.4 is 10.6 Å².